The number of benzene rings is 1. The zero-order chi connectivity index (χ0) is 18.4. The van der Waals surface area contributed by atoms with Crippen LogP contribution in [0, 0.1) is 5.92 Å². The lowest BCUT2D eigenvalue weighted by Gasteiger charge is -2.35. The molecule has 0 amide bonds. The summed E-state index contributed by atoms with van der Waals surface area (Å²) in [6.07, 6.45) is 17.1. The molecule has 0 heterocycles. The predicted molar refractivity (Wildman–Crippen MR) is 120 cm³/mol. The quantitative estimate of drug-likeness (QED) is 0.309. The molecule has 152 valence electrons. The van der Waals surface area contributed by atoms with Crippen LogP contribution in [0.1, 0.15) is 103 Å². The van der Waals surface area contributed by atoms with Crippen molar-refractivity contribution in [3.8, 4) is 0 Å². The van der Waals surface area contributed by atoms with Crippen molar-refractivity contribution >= 4 is 12.4 Å². The molecule has 0 radical (unpaired) electrons. The van der Waals surface area contributed by atoms with Gasteiger partial charge in [0.05, 0.1) is 0 Å². The first kappa shape index (κ1) is 25.5. The van der Waals surface area contributed by atoms with E-state index in [2.05, 4.69) is 51.1 Å². The average Bonchev–Trinajstić information content (AvgIpc) is 2.61. The smallest absolute Gasteiger partial charge is 0.0157 e. The first-order chi connectivity index (χ1) is 12.1. The lowest BCUT2D eigenvalue weighted by molar-refractivity contribution is 0.245. The van der Waals surface area contributed by atoms with Crippen LogP contribution in [0.25, 0.3) is 0 Å². The zero-order valence-electron chi connectivity index (χ0n) is 17.6. The lowest BCUT2D eigenvalue weighted by Crippen LogP contribution is -2.45. The average molecular weight is 382 g/mol. The maximum absolute atomic E-state index is 6.85. The Hall–Kier alpha value is -0.530. The summed E-state index contributed by atoms with van der Waals surface area (Å²) in [7, 11) is 0. The van der Waals surface area contributed by atoms with Gasteiger partial charge in [-0.25, -0.2) is 0 Å². The van der Waals surface area contributed by atoms with E-state index in [0.29, 0.717) is 5.92 Å². The van der Waals surface area contributed by atoms with Crippen LogP contribution in [0.15, 0.2) is 30.3 Å². The van der Waals surface area contributed by atoms with E-state index >= 15 is 0 Å². The third-order valence-corrected chi connectivity index (χ3v) is 5.73. The number of halogens is 1. The first-order valence-electron chi connectivity index (χ1n) is 10.9. The van der Waals surface area contributed by atoms with E-state index in [4.69, 9.17) is 5.73 Å². The van der Waals surface area contributed by atoms with Crippen LogP contribution in [-0.2, 0) is 6.42 Å². The summed E-state index contributed by atoms with van der Waals surface area (Å²) in [5.41, 5.74) is 8.27. The van der Waals surface area contributed by atoms with Crippen molar-refractivity contribution in [1.29, 1.82) is 0 Å². The molecule has 2 N–H and O–H groups in total. The lowest BCUT2D eigenvalue weighted by atomic mass is 9.76. The molecule has 0 spiro atoms. The monoisotopic (exact) mass is 381 g/mol. The zero-order valence-corrected chi connectivity index (χ0v) is 18.5. The number of rotatable bonds is 15. The minimum Gasteiger partial charge on any atom is -0.325 e. The molecule has 0 bridgehead atoms. The van der Waals surface area contributed by atoms with Crippen molar-refractivity contribution in [1.82, 2.24) is 0 Å². The topological polar surface area (TPSA) is 26.0 Å². The normalized spacial score (nSPS) is 14.5. The molecule has 0 aliphatic heterocycles. The molecule has 0 aliphatic rings. The highest BCUT2D eigenvalue weighted by Gasteiger charge is 2.29. The van der Waals surface area contributed by atoms with E-state index in [-0.39, 0.29) is 17.9 Å². The van der Waals surface area contributed by atoms with Gasteiger partial charge in [0.15, 0.2) is 0 Å². The van der Waals surface area contributed by atoms with Crippen molar-refractivity contribution in [3.63, 3.8) is 0 Å². The summed E-state index contributed by atoms with van der Waals surface area (Å²) in [6.45, 7) is 6.87. The Morgan fingerprint density at radius 2 is 1.35 bits per heavy atom. The maximum atomic E-state index is 6.85. The fourth-order valence-corrected chi connectivity index (χ4v) is 3.87. The van der Waals surface area contributed by atoms with Crippen LogP contribution in [0.2, 0.25) is 0 Å². The molecular weight excluding hydrogens is 338 g/mol. The minimum atomic E-state index is -0.0347. The van der Waals surface area contributed by atoms with Crippen molar-refractivity contribution in [2.45, 2.75) is 110 Å². The number of unbranched alkanes of at least 4 members (excludes halogenated alkanes) is 8. The Morgan fingerprint density at radius 1 is 0.808 bits per heavy atom. The van der Waals surface area contributed by atoms with Gasteiger partial charge < -0.3 is 5.73 Å². The van der Waals surface area contributed by atoms with Crippen LogP contribution in [-0.4, -0.2) is 5.54 Å². The molecule has 1 nitrogen and oxygen atoms in total. The number of hydrogen-bond acceptors (Lipinski definition) is 1. The van der Waals surface area contributed by atoms with Gasteiger partial charge in [0.2, 0.25) is 0 Å². The van der Waals surface area contributed by atoms with Gasteiger partial charge in [-0.3, -0.25) is 0 Å². The first-order valence-corrected chi connectivity index (χ1v) is 10.9. The number of nitrogens with two attached hydrogens (primary N) is 1. The third kappa shape index (κ3) is 11.2. The van der Waals surface area contributed by atoms with Crippen molar-refractivity contribution in [3.05, 3.63) is 35.9 Å². The molecule has 2 heteroatoms. The maximum Gasteiger partial charge on any atom is 0.0157 e. The third-order valence-electron chi connectivity index (χ3n) is 5.73. The second kappa shape index (κ2) is 15.5. The molecule has 0 aliphatic carbocycles. The van der Waals surface area contributed by atoms with Crippen LogP contribution in [0.4, 0.5) is 0 Å². The van der Waals surface area contributed by atoms with Crippen molar-refractivity contribution in [2.24, 2.45) is 11.7 Å². The highest BCUT2D eigenvalue weighted by atomic mass is 35.5. The van der Waals surface area contributed by atoms with Crippen LogP contribution in [0.5, 0.6) is 0 Å². The summed E-state index contributed by atoms with van der Waals surface area (Å²) < 4.78 is 0. The molecule has 26 heavy (non-hydrogen) atoms. The molecule has 2 unspecified atom stereocenters. The van der Waals surface area contributed by atoms with E-state index in [1.54, 1.807) is 0 Å². The molecule has 0 aromatic heterocycles. The van der Waals surface area contributed by atoms with E-state index in [9.17, 15) is 0 Å². The van der Waals surface area contributed by atoms with E-state index in [1.165, 1.54) is 82.6 Å². The summed E-state index contributed by atoms with van der Waals surface area (Å²) in [4.78, 5) is 0. The van der Waals surface area contributed by atoms with Gasteiger partial charge in [-0.2, -0.15) is 0 Å². The summed E-state index contributed by atoms with van der Waals surface area (Å²) in [6, 6.07) is 11.0. The fourth-order valence-electron chi connectivity index (χ4n) is 3.87. The van der Waals surface area contributed by atoms with Crippen molar-refractivity contribution < 1.29 is 0 Å². The molecular formula is C24H44ClN. The number of hydrogen-bond donors (Lipinski definition) is 1. The fraction of sp³-hybridized carbons (Fsp3) is 0.750. The Bertz CT molecular complexity index is 415. The highest BCUT2D eigenvalue weighted by Crippen LogP contribution is 2.30. The van der Waals surface area contributed by atoms with Crippen LogP contribution >= 0.6 is 12.4 Å². The molecule has 1 rings (SSSR count). The molecule has 0 saturated carbocycles. The van der Waals surface area contributed by atoms with Crippen LogP contribution in [0.3, 0.4) is 0 Å². The Kier molecular flexibility index (Phi) is 15.2. The standard InChI is InChI=1S/C24H43N.ClH/c1-4-6-8-10-11-15-19-23(21-22-17-13-12-14-18-22)24(3,25)20-16-9-7-5-2;/h12-14,17-18,23H,4-11,15-16,19-21,25H2,1-3H3;1H. The summed E-state index contributed by atoms with van der Waals surface area (Å²) in [5, 5.41) is 0. The van der Waals surface area contributed by atoms with Gasteiger partial charge >= 0.3 is 0 Å². The Balaban J connectivity index is 0.00000625. The van der Waals surface area contributed by atoms with Crippen molar-refractivity contribution in [2.75, 3.05) is 0 Å². The molecule has 2 atom stereocenters. The molecule has 0 saturated heterocycles. The van der Waals surface area contributed by atoms with Gasteiger partial charge in [-0.15, -0.1) is 12.4 Å². The van der Waals surface area contributed by atoms with E-state index in [1.807, 2.05) is 0 Å². The molecule has 1 aromatic rings. The largest absolute Gasteiger partial charge is 0.325 e. The Labute approximate surface area is 169 Å². The molecule has 0 fully saturated rings. The summed E-state index contributed by atoms with van der Waals surface area (Å²) in [5.74, 6) is 0.600. The summed E-state index contributed by atoms with van der Waals surface area (Å²) >= 11 is 0. The van der Waals surface area contributed by atoms with E-state index < -0.39 is 0 Å². The van der Waals surface area contributed by atoms with Gasteiger partial charge in [-0.1, -0.05) is 108 Å². The minimum absolute atomic E-state index is 0. The molecule has 1 aromatic carbocycles. The van der Waals surface area contributed by atoms with Gasteiger partial charge in [0, 0.05) is 5.54 Å². The van der Waals surface area contributed by atoms with Gasteiger partial charge in [-0.05, 0) is 37.7 Å². The SMILES string of the molecule is CCCCCCCCC(Cc1ccccc1)C(C)(N)CCCCCC.Cl. The highest BCUT2D eigenvalue weighted by molar-refractivity contribution is 5.85. The van der Waals surface area contributed by atoms with E-state index in [0.717, 1.165) is 6.42 Å². The van der Waals surface area contributed by atoms with Gasteiger partial charge in [0.25, 0.3) is 0 Å². The second-order valence-electron chi connectivity index (χ2n) is 8.26. The predicted octanol–water partition coefficient (Wildman–Crippen LogP) is 7.71. The van der Waals surface area contributed by atoms with Crippen LogP contribution < -0.4 is 5.73 Å². The second-order valence-corrected chi connectivity index (χ2v) is 8.26. The Morgan fingerprint density at radius 3 is 1.96 bits per heavy atom. The van der Waals surface area contributed by atoms with Gasteiger partial charge in [0.1, 0.15) is 0 Å².